The van der Waals surface area contributed by atoms with Crippen LogP contribution >= 0.6 is 21.6 Å². The Balaban J connectivity index is 1.57. The quantitative estimate of drug-likeness (QED) is 0.603. The number of carboxylic acid groups (broad SMARTS) is 1. The van der Waals surface area contributed by atoms with Crippen molar-refractivity contribution in [1.82, 2.24) is 4.90 Å². The standard InChI is InChI=1S/C14H23NO3S2/c16-13(4-2-1-3-12-7-10-19-20-12)15-8-5-11(6-9-15)14(17)18/h11-12H,1-10H2,(H,17,18)/t12-/m1/s1. The molecule has 0 unspecified atom stereocenters. The molecule has 0 aromatic heterocycles. The van der Waals surface area contributed by atoms with Crippen LogP contribution < -0.4 is 0 Å². The molecule has 0 saturated carbocycles. The molecule has 2 saturated heterocycles. The predicted octanol–water partition coefficient (Wildman–Crippen LogP) is 3.02. The number of piperidine rings is 1. The Hall–Kier alpha value is -0.360. The fraction of sp³-hybridized carbons (Fsp3) is 0.857. The second kappa shape index (κ2) is 8.17. The number of carbonyl (C=O) groups is 2. The smallest absolute Gasteiger partial charge is 0.306 e. The van der Waals surface area contributed by atoms with Gasteiger partial charge in [-0.1, -0.05) is 28.0 Å². The second-order valence-corrected chi connectivity index (χ2v) is 8.36. The molecule has 0 radical (unpaired) electrons. The molecule has 2 fully saturated rings. The van der Waals surface area contributed by atoms with E-state index in [1.807, 2.05) is 26.5 Å². The molecule has 6 heteroatoms. The predicted molar refractivity (Wildman–Crippen MR) is 83.9 cm³/mol. The summed E-state index contributed by atoms with van der Waals surface area (Å²) in [4.78, 5) is 24.7. The largest absolute Gasteiger partial charge is 0.481 e. The number of aliphatic carboxylic acids is 1. The van der Waals surface area contributed by atoms with Crippen molar-refractivity contribution in [1.29, 1.82) is 0 Å². The number of carboxylic acids is 1. The number of hydrogen-bond acceptors (Lipinski definition) is 4. The summed E-state index contributed by atoms with van der Waals surface area (Å²) < 4.78 is 0. The number of unbranched alkanes of at least 4 members (excludes halogenated alkanes) is 1. The fourth-order valence-electron chi connectivity index (χ4n) is 2.75. The van der Waals surface area contributed by atoms with Gasteiger partial charge >= 0.3 is 5.97 Å². The number of rotatable bonds is 6. The summed E-state index contributed by atoms with van der Waals surface area (Å²) in [5.74, 6) is 0.509. The Morgan fingerprint density at radius 2 is 1.90 bits per heavy atom. The van der Waals surface area contributed by atoms with Crippen molar-refractivity contribution in [2.45, 2.75) is 50.2 Å². The fourth-order valence-corrected chi connectivity index (χ4v) is 5.77. The molecular formula is C14H23NO3S2. The molecule has 2 heterocycles. The third kappa shape index (κ3) is 4.88. The summed E-state index contributed by atoms with van der Waals surface area (Å²) in [5, 5.41) is 9.73. The van der Waals surface area contributed by atoms with Gasteiger partial charge in [-0.15, -0.1) is 0 Å². The molecule has 114 valence electrons. The molecule has 0 aromatic rings. The van der Waals surface area contributed by atoms with Crippen molar-refractivity contribution in [3.8, 4) is 0 Å². The first kappa shape index (κ1) is 16.0. The number of amides is 1. The third-order valence-corrected chi connectivity index (χ3v) is 7.10. The van der Waals surface area contributed by atoms with Gasteiger partial charge in [0.15, 0.2) is 0 Å². The topological polar surface area (TPSA) is 57.6 Å². The minimum absolute atomic E-state index is 0.210. The van der Waals surface area contributed by atoms with Gasteiger partial charge in [0.05, 0.1) is 5.92 Å². The van der Waals surface area contributed by atoms with Gasteiger partial charge in [-0.25, -0.2) is 0 Å². The SMILES string of the molecule is O=C(O)C1CCN(C(=O)CCCC[C@@H]2CCSS2)CC1. The van der Waals surface area contributed by atoms with E-state index in [1.165, 1.54) is 18.6 Å². The molecule has 0 spiro atoms. The summed E-state index contributed by atoms with van der Waals surface area (Å²) in [6.07, 6.45) is 6.49. The third-order valence-electron chi connectivity index (χ3n) is 4.09. The van der Waals surface area contributed by atoms with E-state index in [4.69, 9.17) is 5.11 Å². The van der Waals surface area contributed by atoms with E-state index in [2.05, 4.69) is 0 Å². The van der Waals surface area contributed by atoms with E-state index >= 15 is 0 Å². The van der Waals surface area contributed by atoms with Gasteiger partial charge in [-0.3, -0.25) is 9.59 Å². The van der Waals surface area contributed by atoms with E-state index in [1.54, 1.807) is 0 Å². The van der Waals surface area contributed by atoms with Crippen LogP contribution in [-0.4, -0.2) is 46.0 Å². The van der Waals surface area contributed by atoms with Gasteiger partial charge in [0, 0.05) is 30.5 Å². The van der Waals surface area contributed by atoms with E-state index in [0.29, 0.717) is 32.4 Å². The van der Waals surface area contributed by atoms with E-state index in [0.717, 1.165) is 18.1 Å². The van der Waals surface area contributed by atoms with Gasteiger partial charge in [0.2, 0.25) is 5.91 Å². The van der Waals surface area contributed by atoms with Crippen LogP contribution in [0.25, 0.3) is 0 Å². The van der Waals surface area contributed by atoms with Crippen LogP contribution in [0.4, 0.5) is 0 Å². The van der Waals surface area contributed by atoms with Crippen LogP contribution in [0, 0.1) is 5.92 Å². The molecule has 0 bridgehead atoms. The number of hydrogen-bond donors (Lipinski definition) is 1. The van der Waals surface area contributed by atoms with Crippen LogP contribution in [0.5, 0.6) is 0 Å². The Bertz CT molecular complexity index is 337. The van der Waals surface area contributed by atoms with Gasteiger partial charge in [-0.2, -0.15) is 0 Å². The molecule has 0 aromatic carbocycles. The van der Waals surface area contributed by atoms with Crippen LogP contribution in [0.3, 0.4) is 0 Å². The monoisotopic (exact) mass is 317 g/mol. The number of carbonyl (C=O) groups excluding carboxylic acids is 1. The Morgan fingerprint density at radius 1 is 1.15 bits per heavy atom. The average Bonchev–Trinajstić information content (AvgIpc) is 2.96. The van der Waals surface area contributed by atoms with Crippen molar-refractivity contribution in [2.24, 2.45) is 5.92 Å². The first-order chi connectivity index (χ1) is 9.66. The molecule has 0 aliphatic carbocycles. The lowest BCUT2D eigenvalue weighted by atomic mass is 9.97. The molecule has 2 aliphatic heterocycles. The van der Waals surface area contributed by atoms with E-state index in [9.17, 15) is 9.59 Å². The molecule has 2 rings (SSSR count). The van der Waals surface area contributed by atoms with Crippen LogP contribution in [0.2, 0.25) is 0 Å². The molecule has 1 N–H and O–H groups in total. The van der Waals surface area contributed by atoms with Crippen molar-refractivity contribution < 1.29 is 14.7 Å². The lowest BCUT2D eigenvalue weighted by Gasteiger charge is -2.30. The summed E-state index contributed by atoms with van der Waals surface area (Å²) in [7, 11) is 3.96. The second-order valence-electron chi connectivity index (χ2n) is 5.57. The maximum Gasteiger partial charge on any atom is 0.306 e. The Kier molecular flexibility index (Phi) is 6.55. The molecule has 20 heavy (non-hydrogen) atoms. The molecule has 1 amide bonds. The zero-order valence-corrected chi connectivity index (χ0v) is 13.4. The highest BCUT2D eigenvalue weighted by atomic mass is 33.1. The minimum atomic E-state index is -0.718. The number of likely N-dealkylation sites (tertiary alicyclic amines) is 1. The van der Waals surface area contributed by atoms with Crippen LogP contribution in [-0.2, 0) is 9.59 Å². The molecule has 2 aliphatic rings. The van der Waals surface area contributed by atoms with Crippen molar-refractivity contribution in [2.75, 3.05) is 18.8 Å². The summed E-state index contributed by atoms with van der Waals surface area (Å²) in [6, 6.07) is 0. The average molecular weight is 317 g/mol. The van der Waals surface area contributed by atoms with Gasteiger partial charge in [-0.05, 0) is 32.1 Å². The van der Waals surface area contributed by atoms with Gasteiger partial charge in [0.1, 0.15) is 0 Å². The van der Waals surface area contributed by atoms with Crippen molar-refractivity contribution in [3.05, 3.63) is 0 Å². The highest BCUT2D eigenvalue weighted by Crippen LogP contribution is 2.39. The van der Waals surface area contributed by atoms with Gasteiger partial charge in [0.25, 0.3) is 0 Å². The first-order valence-corrected chi connectivity index (χ1v) is 9.84. The Labute approximate surface area is 128 Å². The summed E-state index contributed by atoms with van der Waals surface area (Å²) in [6.45, 7) is 1.23. The molecular weight excluding hydrogens is 294 g/mol. The van der Waals surface area contributed by atoms with Crippen molar-refractivity contribution >= 4 is 33.5 Å². The molecule has 1 atom stereocenters. The lowest BCUT2D eigenvalue weighted by molar-refractivity contribution is -0.145. The van der Waals surface area contributed by atoms with Crippen LogP contribution in [0.1, 0.15) is 44.9 Å². The van der Waals surface area contributed by atoms with Gasteiger partial charge < -0.3 is 10.0 Å². The molecule has 4 nitrogen and oxygen atoms in total. The summed E-state index contributed by atoms with van der Waals surface area (Å²) in [5.41, 5.74) is 0. The highest BCUT2D eigenvalue weighted by Gasteiger charge is 2.26. The van der Waals surface area contributed by atoms with Crippen molar-refractivity contribution in [3.63, 3.8) is 0 Å². The van der Waals surface area contributed by atoms with E-state index < -0.39 is 5.97 Å². The zero-order valence-electron chi connectivity index (χ0n) is 11.8. The Morgan fingerprint density at radius 3 is 2.50 bits per heavy atom. The lowest BCUT2D eigenvalue weighted by Crippen LogP contribution is -2.40. The van der Waals surface area contributed by atoms with E-state index in [-0.39, 0.29) is 11.8 Å². The normalized spacial score (nSPS) is 24.0. The number of nitrogens with zero attached hydrogens (tertiary/aromatic N) is 1. The zero-order chi connectivity index (χ0) is 14.4. The first-order valence-electron chi connectivity index (χ1n) is 7.45. The minimum Gasteiger partial charge on any atom is -0.481 e. The highest BCUT2D eigenvalue weighted by molar-refractivity contribution is 8.77. The van der Waals surface area contributed by atoms with Crippen LogP contribution in [0.15, 0.2) is 0 Å². The maximum atomic E-state index is 12.0. The summed E-state index contributed by atoms with van der Waals surface area (Å²) >= 11 is 0. The maximum absolute atomic E-state index is 12.0.